The fourth-order valence-electron chi connectivity index (χ4n) is 2.64. The number of likely N-dealkylation sites (N-methyl/N-ethyl adjacent to an activating group) is 1. The van der Waals surface area contributed by atoms with Crippen LogP contribution in [0.25, 0.3) is 0 Å². The first-order valence-electron chi connectivity index (χ1n) is 7.87. The van der Waals surface area contributed by atoms with Crippen molar-refractivity contribution >= 4 is 11.6 Å². The minimum atomic E-state index is -4.51. The van der Waals surface area contributed by atoms with Gasteiger partial charge in [-0.3, -0.25) is 9.69 Å². The zero-order valence-electron chi connectivity index (χ0n) is 14.4. The zero-order chi connectivity index (χ0) is 18.6. The van der Waals surface area contributed by atoms with Crippen molar-refractivity contribution in [2.24, 2.45) is 0 Å². The molecule has 1 N–H and O–H groups in total. The smallest absolute Gasteiger partial charge is 0.324 e. The van der Waals surface area contributed by atoms with E-state index >= 15 is 0 Å². The van der Waals surface area contributed by atoms with Gasteiger partial charge in [-0.05, 0) is 44.2 Å². The second-order valence-corrected chi connectivity index (χ2v) is 6.19. The normalized spacial score (nSPS) is 11.6. The molecule has 1 amide bonds. The van der Waals surface area contributed by atoms with E-state index in [4.69, 9.17) is 0 Å². The molecule has 3 nitrogen and oxygen atoms in total. The summed E-state index contributed by atoms with van der Waals surface area (Å²) in [6.07, 6.45) is -4.51. The van der Waals surface area contributed by atoms with Gasteiger partial charge >= 0.3 is 6.18 Å². The average molecular weight is 350 g/mol. The van der Waals surface area contributed by atoms with Crippen LogP contribution in [0, 0.1) is 13.8 Å². The van der Waals surface area contributed by atoms with Crippen LogP contribution in [0.4, 0.5) is 18.9 Å². The molecule has 0 aliphatic heterocycles. The minimum Gasteiger partial charge on any atom is -0.324 e. The monoisotopic (exact) mass is 350 g/mol. The Morgan fingerprint density at radius 3 is 2.44 bits per heavy atom. The second-order valence-electron chi connectivity index (χ2n) is 6.19. The Hall–Kier alpha value is -2.34. The first-order chi connectivity index (χ1) is 11.7. The van der Waals surface area contributed by atoms with Gasteiger partial charge in [-0.25, -0.2) is 0 Å². The number of aryl methyl sites for hydroxylation is 2. The van der Waals surface area contributed by atoms with Crippen LogP contribution < -0.4 is 5.32 Å². The van der Waals surface area contributed by atoms with Gasteiger partial charge in [-0.2, -0.15) is 13.2 Å². The number of para-hydroxylation sites is 1. The van der Waals surface area contributed by atoms with E-state index in [1.807, 2.05) is 26.0 Å². The van der Waals surface area contributed by atoms with Crippen LogP contribution in [0.5, 0.6) is 0 Å². The summed E-state index contributed by atoms with van der Waals surface area (Å²) in [5, 5.41) is 2.36. The van der Waals surface area contributed by atoms with Crippen molar-refractivity contribution in [1.29, 1.82) is 0 Å². The maximum absolute atomic E-state index is 13.0. The summed E-state index contributed by atoms with van der Waals surface area (Å²) in [5.41, 5.74) is 2.29. The van der Waals surface area contributed by atoms with Gasteiger partial charge in [0.1, 0.15) is 0 Å². The van der Waals surface area contributed by atoms with E-state index in [1.165, 1.54) is 18.2 Å². The number of nitrogens with zero attached hydrogens (tertiary/aromatic N) is 1. The molecule has 0 aliphatic rings. The maximum Gasteiger partial charge on any atom is 0.418 e. The molecule has 0 saturated carbocycles. The molecule has 25 heavy (non-hydrogen) atoms. The molecule has 0 heterocycles. The van der Waals surface area contributed by atoms with E-state index in [0.717, 1.165) is 22.8 Å². The summed E-state index contributed by atoms with van der Waals surface area (Å²) in [5.74, 6) is -0.482. The van der Waals surface area contributed by atoms with Gasteiger partial charge < -0.3 is 5.32 Å². The third-order valence-electron chi connectivity index (χ3n) is 3.86. The average Bonchev–Trinajstić information content (AvgIpc) is 2.49. The van der Waals surface area contributed by atoms with Gasteiger partial charge in [0.25, 0.3) is 0 Å². The molecule has 2 aromatic rings. The summed E-state index contributed by atoms with van der Waals surface area (Å²) >= 11 is 0. The molecule has 0 bridgehead atoms. The van der Waals surface area contributed by atoms with Crippen molar-refractivity contribution in [3.05, 3.63) is 64.7 Å². The fraction of sp³-hybridized carbons (Fsp3) is 0.316. The lowest BCUT2D eigenvalue weighted by atomic mass is 10.1. The number of alkyl halides is 3. The van der Waals surface area contributed by atoms with Crippen molar-refractivity contribution in [1.82, 2.24) is 4.90 Å². The number of anilines is 1. The summed E-state index contributed by atoms with van der Waals surface area (Å²) < 4.78 is 38.9. The Morgan fingerprint density at radius 2 is 1.80 bits per heavy atom. The first-order valence-corrected chi connectivity index (χ1v) is 7.87. The highest BCUT2D eigenvalue weighted by molar-refractivity contribution is 5.93. The molecule has 0 radical (unpaired) electrons. The number of benzene rings is 2. The van der Waals surface area contributed by atoms with Crippen LogP contribution in [-0.4, -0.2) is 24.4 Å². The fourth-order valence-corrected chi connectivity index (χ4v) is 2.64. The number of hydrogen-bond acceptors (Lipinski definition) is 2. The van der Waals surface area contributed by atoms with Gasteiger partial charge in [-0.1, -0.05) is 35.9 Å². The van der Waals surface area contributed by atoms with E-state index in [2.05, 4.69) is 11.4 Å². The third-order valence-corrected chi connectivity index (χ3v) is 3.86. The SMILES string of the molecule is Cc1ccc(CN(C)CC(=O)Nc2ccccc2C(F)(F)F)c(C)c1. The molecule has 2 rings (SSSR count). The van der Waals surface area contributed by atoms with Crippen LogP contribution in [0.2, 0.25) is 0 Å². The number of nitrogens with one attached hydrogen (secondary N) is 1. The van der Waals surface area contributed by atoms with Crippen LogP contribution in [0.3, 0.4) is 0 Å². The molecule has 2 aromatic carbocycles. The van der Waals surface area contributed by atoms with E-state index in [1.54, 1.807) is 11.9 Å². The van der Waals surface area contributed by atoms with Crippen molar-refractivity contribution in [3.63, 3.8) is 0 Å². The Labute approximate surface area is 145 Å². The highest BCUT2D eigenvalue weighted by Gasteiger charge is 2.33. The summed E-state index contributed by atoms with van der Waals surface area (Å²) in [6.45, 7) is 4.54. The van der Waals surface area contributed by atoms with Gasteiger partial charge in [0.05, 0.1) is 17.8 Å². The van der Waals surface area contributed by atoms with Crippen molar-refractivity contribution in [3.8, 4) is 0 Å². The highest BCUT2D eigenvalue weighted by atomic mass is 19.4. The second kappa shape index (κ2) is 7.70. The number of halogens is 3. The minimum absolute atomic E-state index is 0.000488. The number of carbonyl (C=O) groups excluding carboxylic acids is 1. The molecule has 0 aliphatic carbocycles. The van der Waals surface area contributed by atoms with E-state index in [-0.39, 0.29) is 12.2 Å². The predicted molar refractivity (Wildman–Crippen MR) is 92.3 cm³/mol. The highest BCUT2D eigenvalue weighted by Crippen LogP contribution is 2.34. The Balaban J connectivity index is 2.01. The molecule has 0 saturated heterocycles. The van der Waals surface area contributed by atoms with Crippen LogP contribution in [0.15, 0.2) is 42.5 Å². The molecular weight excluding hydrogens is 329 g/mol. The molecule has 0 aromatic heterocycles. The third kappa shape index (κ3) is 5.32. The Bertz CT molecular complexity index is 757. The lowest BCUT2D eigenvalue weighted by molar-refractivity contribution is -0.137. The van der Waals surface area contributed by atoms with Crippen molar-refractivity contribution in [2.75, 3.05) is 18.9 Å². The zero-order valence-corrected chi connectivity index (χ0v) is 14.4. The number of amides is 1. The molecule has 0 atom stereocenters. The van der Waals surface area contributed by atoms with Crippen LogP contribution in [-0.2, 0) is 17.5 Å². The van der Waals surface area contributed by atoms with Crippen LogP contribution >= 0.6 is 0 Å². The molecule has 0 spiro atoms. The van der Waals surface area contributed by atoms with E-state index in [0.29, 0.717) is 6.54 Å². The van der Waals surface area contributed by atoms with Gasteiger partial charge in [0, 0.05) is 6.54 Å². The van der Waals surface area contributed by atoms with Gasteiger partial charge in [0.2, 0.25) is 5.91 Å². The van der Waals surface area contributed by atoms with E-state index in [9.17, 15) is 18.0 Å². The molecule has 134 valence electrons. The van der Waals surface area contributed by atoms with Crippen molar-refractivity contribution < 1.29 is 18.0 Å². The quantitative estimate of drug-likeness (QED) is 0.867. The summed E-state index contributed by atoms with van der Waals surface area (Å²) in [4.78, 5) is 13.9. The molecule has 6 heteroatoms. The van der Waals surface area contributed by atoms with Gasteiger partial charge in [-0.15, -0.1) is 0 Å². The molecule has 0 unspecified atom stereocenters. The first kappa shape index (κ1) is 19.0. The number of rotatable bonds is 5. The number of hydrogen-bond donors (Lipinski definition) is 1. The van der Waals surface area contributed by atoms with E-state index < -0.39 is 17.6 Å². The largest absolute Gasteiger partial charge is 0.418 e. The topological polar surface area (TPSA) is 32.3 Å². The number of carbonyl (C=O) groups is 1. The summed E-state index contributed by atoms with van der Waals surface area (Å²) in [7, 11) is 1.76. The van der Waals surface area contributed by atoms with Crippen LogP contribution in [0.1, 0.15) is 22.3 Å². The van der Waals surface area contributed by atoms with Crippen molar-refractivity contribution in [2.45, 2.75) is 26.6 Å². The molecule has 0 fully saturated rings. The molecular formula is C19H21F3N2O. The Morgan fingerprint density at radius 1 is 1.12 bits per heavy atom. The lowest BCUT2D eigenvalue weighted by Gasteiger charge is -2.19. The maximum atomic E-state index is 13.0. The summed E-state index contributed by atoms with van der Waals surface area (Å²) in [6, 6.07) is 11.0. The standard InChI is InChI=1S/C19H21F3N2O/c1-13-8-9-15(14(2)10-13)11-24(3)12-18(25)23-17-7-5-4-6-16(17)19(20,21)22/h4-10H,11-12H2,1-3H3,(H,23,25). The Kier molecular flexibility index (Phi) is 5.85. The predicted octanol–water partition coefficient (Wildman–Crippen LogP) is 4.39. The van der Waals surface area contributed by atoms with Gasteiger partial charge in [0.15, 0.2) is 0 Å². The lowest BCUT2D eigenvalue weighted by Crippen LogP contribution is -2.30.